The third-order valence-electron chi connectivity index (χ3n) is 3.54. The minimum Gasteiger partial charge on any atom is -0.493 e. The zero-order chi connectivity index (χ0) is 16.3. The number of anilines is 1. The number of ether oxygens (including phenoxy) is 1. The van der Waals surface area contributed by atoms with Crippen LogP contribution in [0.3, 0.4) is 0 Å². The molecule has 0 amide bonds. The Morgan fingerprint density at radius 1 is 1.27 bits per heavy atom. The molecule has 0 unspecified atom stereocenters. The van der Waals surface area contributed by atoms with Crippen molar-refractivity contribution in [3.63, 3.8) is 0 Å². The Hall–Kier alpha value is -2.00. The number of rotatable bonds is 5. The molecule has 4 heteroatoms. The van der Waals surface area contributed by atoms with E-state index < -0.39 is 0 Å². The average Bonchev–Trinajstić information content (AvgIpc) is 2.49. The van der Waals surface area contributed by atoms with Gasteiger partial charge < -0.3 is 10.5 Å². The topological polar surface area (TPSA) is 52.3 Å². The Bertz CT molecular complexity index is 710. The van der Waals surface area contributed by atoms with Crippen LogP contribution >= 0.6 is 11.6 Å². The molecule has 116 valence electrons. The first-order valence-corrected chi connectivity index (χ1v) is 7.66. The molecule has 0 spiro atoms. The van der Waals surface area contributed by atoms with Gasteiger partial charge in [-0.3, -0.25) is 4.79 Å². The molecular weight excluding hydrogens is 298 g/mol. The predicted molar refractivity (Wildman–Crippen MR) is 91.0 cm³/mol. The standard InChI is InChI=1S/C18H20ClNO2/c1-4-9-22-18-11(2)10-14(19)12(3)16(18)17(21)13-7-5-6-8-15(13)20/h5-8,10H,4,9,20H2,1-3H3. The van der Waals surface area contributed by atoms with Crippen molar-refractivity contribution in [2.45, 2.75) is 27.2 Å². The summed E-state index contributed by atoms with van der Waals surface area (Å²) in [5.74, 6) is 0.435. The highest BCUT2D eigenvalue weighted by molar-refractivity contribution is 6.32. The lowest BCUT2D eigenvalue weighted by Gasteiger charge is -2.17. The van der Waals surface area contributed by atoms with E-state index in [0.717, 1.165) is 12.0 Å². The summed E-state index contributed by atoms with van der Waals surface area (Å²) in [4.78, 5) is 13.0. The van der Waals surface area contributed by atoms with Crippen molar-refractivity contribution in [1.29, 1.82) is 0 Å². The van der Waals surface area contributed by atoms with Crippen molar-refractivity contribution in [2.75, 3.05) is 12.3 Å². The fourth-order valence-corrected chi connectivity index (χ4v) is 2.61. The van der Waals surface area contributed by atoms with Crippen LogP contribution in [0.1, 0.15) is 40.4 Å². The van der Waals surface area contributed by atoms with Gasteiger partial charge in [-0.15, -0.1) is 0 Å². The van der Waals surface area contributed by atoms with Crippen molar-refractivity contribution in [1.82, 2.24) is 0 Å². The smallest absolute Gasteiger partial charge is 0.199 e. The largest absolute Gasteiger partial charge is 0.493 e. The van der Waals surface area contributed by atoms with Gasteiger partial charge in [0, 0.05) is 16.3 Å². The number of hydrogen-bond donors (Lipinski definition) is 1. The van der Waals surface area contributed by atoms with E-state index in [1.54, 1.807) is 24.3 Å². The van der Waals surface area contributed by atoms with Gasteiger partial charge in [0.05, 0.1) is 12.2 Å². The number of ketones is 1. The zero-order valence-electron chi connectivity index (χ0n) is 13.1. The number of hydrogen-bond acceptors (Lipinski definition) is 3. The van der Waals surface area contributed by atoms with Crippen LogP contribution in [0.25, 0.3) is 0 Å². The van der Waals surface area contributed by atoms with Crippen molar-refractivity contribution < 1.29 is 9.53 Å². The maximum Gasteiger partial charge on any atom is 0.199 e. The van der Waals surface area contributed by atoms with Crippen molar-refractivity contribution in [3.8, 4) is 5.75 Å². The molecule has 0 aromatic heterocycles. The summed E-state index contributed by atoms with van der Waals surface area (Å²) in [6.07, 6.45) is 0.863. The average molecular weight is 318 g/mol. The van der Waals surface area contributed by atoms with E-state index in [1.807, 2.05) is 26.8 Å². The van der Waals surface area contributed by atoms with E-state index in [9.17, 15) is 4.79 Å². The minimum absolute atomic E-state index is 0.160. The monoisotopic (exact) mass is 317 g/mol. The van der Waals surface area contributed by atoms with Gasteiger partial charge in [-0.2, -0.15) is 0 Å². The second-order valence-corrected chi connectivity index (χ2v) is 5.68. The Morgan fingerprint density at radius 3 is 2.59 bits per heavy atom. The molecule has 3 nitrogen and oxygen atoms in total. The highest BCUT2D eigenvalue weighted by atomic mass is 35.5. The first-order chi connectivity index (χ1) is 10.5. The molecule has 0 radical (unpaired) electrons. The normalized spacial score (nSPS) is 10.5. The van der Waals surface area contributed by atoms with Crippen LogP contribution in [0, 0.1) is 13.8 Å². The molecule has 0 aliphatic heterocycles. The van der Waals surface area contributed by atoms with Gasteiger partial charge in [-0.25, -0.2) is 0 Å². The quantitative estimate of drug-likeness (QED) is 0.649. The summed E-state index contributed by atoms with van der Waals surface area (Å²) in [6, 6.07) is 8.86. The highest BCUT2D eigenvalue weighted by Gasteiger charge is 2.22. The zero-order valence-corrected chi connectivity index (χ0v) is 13.8. The van der Waals surface area contributed by atoms with E-state index >= 15 is 0 Å². The molecule has 0 atom stereocenters. The fraction of sp³-hybridized carbons (Fsp3) is 0.278. The third-order valence-corrected chi connectivity index (χ3v) is 3.94. The first-order valence-electron chi connectivity index (χ1n) is 7.29. The van der Waals surface area contributed by atoms with Crippen molar-refractivity contribution in [3.05, 3.63) is 57.6 Å². The SMILES string of the molecule is CCCOc1c(C)cc(Cl)c(C)c1C(=O)c1ccccc1N. The van der Waals surface area contributed by atoms with Gasteiger partial charge in [0.2, 0.25) is 0 Å². The molecule has 0 aliphatic rings. The van der Waals surface area contributed by atoms with E-state index in [4.69, 9.17) is 22.1 Å². The van der Waals surface area contributed by atoms with Crippen LogP contribution in [0.15, 0.2) is 30.3 Å². The second kappa shape index (κ2) is 6.84. The highest BCUT2D eigenvalue weighted by Crippen LogP contribution is 2.34. The lowest BCUT2D eigenvalue weighted by molar-refractivity contribution is 0.103. The number of carbonyl (C=O) groups is 1. The van der Waals surface area contributed by atoms with Gasteiger partial charge in [-0.05, 0) is 49.6 Å². The molecule has 2 rings (SSSR count). The van der Waals surface area contributed by atoms with E-state index in [1.165, 1.54) is 0 Å². The molecular formula is C18H20ClNO2. The molecule has 2 aromatic carbocycles. The van der Waals surface area contributed by atoms with Crippen LogP contribution in [0.4, 0.5) is 5.69 Å². The van der Waals surface area contributed by atoms with Gasteiger partial charge in [0.15, 0.2) is 5.78 Å². The molecule has 0 fully saturated rings. The molecule has 0 bridgehead atoms. The van der Waals surface area contributed by atoms with Gasteiger partial charge >= 0.3 is 0 Å². The maximum absolute atomic E-state index is 13.0. The summed E-state index contributed by atoms with van der Waals surface area (Å²) in [6.45, 7) is 6.29. The molecule has 22 heavy (non-hydrogen) atoms. The number of halogens is 1. The van der Waals surface area contributed by atoms with E-state index in [0.29, 0.717) is 39.8 Å². The molecule has 0 saturated carbocycles. The van der Waals surface area contributed by atoms with Gasteiger partial charge in [0.25, 0.3) is 0 Å². The van der Waals surface area contributed by atoms with Crippen LogP contribution in [-0.2, 0) is 0 Å². The van der Waals surface area contributed by atoms with Crippen LogP contribution < -0.4 is 10.5 Å². The number of nitrogen functional groups attached to an aromatic ring is 1. The Morgan fingerprint density at radius 2 is 1.95 bits per heavy atom. The Balaban J connectivity index is 2.62. The lowest BCUT2D eigenvalue weighted by Crippen LogP contribution is -2.11. The van der Waals surface area contributed by atoms with Crippen LogP contribution in [0.2, 0.25) is 5.02 Å². The number of aryl methyl sites for hydroxylation is 1. The fourth-order valence-electron chi connectivity index (χ4n) is 2.35. The summed E-state index contributed by atoms with van der Waals surface area (Å²) < 4.78 is 5.82. The number of benzene rings is 2. The van der Waals surface area contributed by atoms with Crippen molar-refractivity contribution >= 4 is 23.1 Å². The minimum atomic E-state index is -0.160. The molecule has 0 saturated heterocycles. The van der Waals surface area contributed by atoms with Crippen LogP contribution in [0.5, 0.6) is 5.75 Å². The molecule has 0 aliphatic carbocycles. The molecule has 2 aromatic rings. The van der Waals surface area contributed by atoms with Gasteiger partial charge in [0.1, 0.15) is 5.75 Å². The summed E-state index contributed by atoms with van der Waals surface area (Å²) >= 11 is 6.26. The van der Waals surface area contributed by atoms with Crippen molar-refractivity contribution in [2.24, 2.45) is 0 Å². The van der Waals surface area contributed by atoms with E-state index in [-0.39, 0.29) is 5.78 Å². The van der Waals surface area contributed by atoms with E-state index in [2.05, 4.69) is 0 Å². The number of para-hydroxylation sites is 1. The summed E-state index contributed by atoms with van der Waals surface area (Å²) in [5, 5.41) is 0.555. The number of nitrogens with two attached hydrogens (primary N) is 1. The first kappa shape index (κ1) is 16.4. The third kappa shape index (κ3) is 3.09. The number of carbonyl (C=O) groups excluding carboxylic acids is 1. The Labute approximate surface area is 136 Å². The van der Waals surface area contributed by atoms with Crippen LogP contribution in [-0.4, -0.2) is 12.4 Å². The molecule has 2 N–H and O–H groups in total. The van der Waals surface area contributed by atoms with Gasteiger partial charge in [-0.1, -0.05) is 30.7 Å². The summed E-state index contributed by atoms with van der Waals surface area (Å²) in [5.41, 5.74) is 8.92. The lowest BCUT2D eigenvalue weighted by atomic mass is 9.95. The summed E-state index contributed by atoms with van der Waals surface area (Å²) in [7, 11) is 0. The predicted octanol–water partition coefficient (Wildman–Crippen LogP) is 4.56. The Kier molecular flexibility index (Phi) is 5.09. The maximum atomic E-state index is 13.0. The second-order valence-electron chi connectivity index (χ2n) is 5.27. The molecule has 0 heterocycles.